The molecule has 3 aromatic rings. The first-order chi connectivity index (χ1) is 15.7. The van der Waals surface area contributed by atoms with Crippen molar-refractivity contribution >= 4 is 0 Å². The standard InChI is InChI=1S/C25H22F4N2O2/c26-20-5-1-16(2-6-20)12-30-13-17-11-19(15-30)23-10-9-22(24(32)31(23)14-17)18-3-7-21(8-4-18)33-25(27,28)29/h1-10,17,19H,11-15H2/t17-,19-/m1/s1. The van der Waals surface area contributed by atoms with Gasteiger partial charge in [-0.2, -0.15) is 0 Å². The van der Waals surface area contributed by atoms with Crippen LogP contribution in [0.3, 0.4) is 0 Å². The average molecular weight is 458 g/mol. The number of alkyl halides is 3. The summed E-state index contributed by atoms with van der Waals surface area (Å²) in [7, 11) is 0. The van der Waals surface area contributed by atoms with E-state index in [1.54, 1.807) is 18.2 Å². The first kappa shape index (κ1) is 21.7. The van der Waals surface area contributed by atoms with Crippen LogP contribution in [-0.2, 0) is 13.1 Å². The Morgan fingerprint density at radius 3 is 2.33 bits per heavy atom. The van der Waals surface area contributed by atoms with Crippen LogP contribution in [0, 0.1) is 11.7 Å². The third kappa shape index (κ3) is 4.66. The van der Waals surface area contributed by atoms with Crippen LogP contribution in [0.25, 0.3) is 11.1 Å². The third-order valence-electron chi connectivity index (χ3n) is 6.40. The smallest absolute Gasteiger partial charge is 0.406 e. The number of pyridine rings is 1. The van der Waals surface area contributed by atoms with Gasteiger partial charge in [0.15, 0.2) is 0 Å². The highest BCUT2D eigenvalue weighted by Gasteiger charge is 2.35. The molecule has 2 aliphatic rings. The monoisotopic (exact) mass is 458 g/mol. The zero-order chi connectivity index (χ0) is 23.2. The Kier molecular flexibility index (Phi) is 5.48. The lowest BCUT2D eigenvalue weighted by Crippen LogP contribution is -2.46. The highest BCUT2D eigenvalue weighted by molar-refractivity contribution is 5.63. The molecule has 172 valence electrons. The molecule has 0 saturated carbocycles. The molecule has 1 fully saturated rings. The molecule has 5 rings (SSSR count). The van der Waals surface area contributed by atoms with Crippen molar-refractivity contribution in [2.24, 2.45) is 5.92 Å². The lowest BCUT2D eigenvalue weighted by Gasteiger charge is -2.43. The van der Waals surface area contributed by atoms with Crippen LogP contribution < -0.4 is 10.3 Å². The SMILES string of the molecule is O=c1c(-c2ccc(OC(F)(F)F)cc2)ccc2n1C[C@@H]1C[C@@H]2CN(Cc2ccc(F)cc2)C1. The van der Waals surface area contributed by atoms with E-state index in [2.05, 4.69) is 9.64 Å². The molecule has 2 aromatic carbocycles. The van der Waals surface area contributed by atoms with Gasteiger partial charge >= 0.3 is 6.36 Å². The average Bonchev–Trinajstić information content (AvgIpc) is 2.76. The van der Waals surface area contributed by atoms with Gasteiger partial charge in [-0.3, -0.25) is 9.69 Å². The molecular formula is C25H22F4N2O2. The summed E-state index contributed by atoms with van der Waals surface area (Å²) in [6, 6.07) is 15.6. The number of hydrogen-bond donors (Lipinski definition) is 0. The number of halogens is 4. The summed E-state index contributed by atoms with van der Waals surface area (Å²) in [5.74, 6) is -0.0181. The van der Waals surface area contributed by atoms with Gasteiger partial charge in [-0.1, -0.05) is 24.3 Å². The normalized spacial score (nSPS) is 20.4. The largest absolute Gasteiger partial charge is 0.573 e. The quantitative estimate of drug-likeness (QED) is 0.506. The van der Waals surface area contributed by atoms with Crippen molar-refractivity contribution in [1.29, 1.82) is 0 Å². The Bertz CT molecular complexity index is 1200. The molecule has 0 spiro atoms. The lowest BCUT2D eigenvalue weighted by atomic mass is 9.82. The van der Waals surface area contributed by atoms with E-state index in [1.165, 1.54) is 36.4 Å². The minimum Gasteiger partial charge on any atom is -0.406 e. The van der Waals surface area contributed by atoms with E-state index in [0.29, 0.717) is 23.6 Å². The van der Waals surface area contributed by atoms with Crippen LogP contribution in [0.2, 0.25) is 0 Å². The number of aromatic nitrogens is 1. The van der Waals surface area contributed by atoms with Crippen LogP contribution in [0.4, 0.5) is 17.6 Å². The van der Waals surface area contributed by atoms with Gasteiger partial charge < -0.3 is 9.30 Å². The molecule has 4 nitrogen and oxygen atoms in total. The molecule has 0 unspecified atom stereocenters. The van der Waals surface area contributed by atoms with Crippen molar-refractivity contribution in [2.75, 3.05) is 13.1 Å². The van der Waals surface area contributed by atoms with E-state index < -0.39 is 6.36 Å². The van der Waals surface area contributed by atoms with Crippen LogP contribution in [-0.4, -0.2) is 28.9 Å². The summed E-state index contributed by atoms with van der Waals surface area (Å²) in [4.78, 5) is 15.6. The maximum Gasteiger partial charge on any atom is 0.573 e. The number of rotatable bonds is 4. The van der Waals surface area contributed by atoms with Crippen LogP contribution >= 0.6 is 0 Å². The number of piperidine rings is 1. The van der Waals surface area contributed by atoms with Crippen LogP contribution in [0.5, 0.6) is 5.75 Å². The molecule has 33 heavy (non-hydrogen) atoms. The lowest BCUT2D eigenvalue weighted by molar-refractivity contribution is -0.274. The second-order valence-electron chi connectivity index (χ2n) is 8.78. The maximum atomic E-state index is 13.3. The number of nitrogens with zero attached hydrogens (tertiary/aromatic N) is 2. The number of hydrogen-bond acceptors (Lipinski definition) is 3. The van der Waals surface area contributed by atoms with E-state index in [-0.39, 0.29) is 23.0 Å². The van der Waals surface area contributed by atoms with Gasteiger partial charge in [-0.05, 0) is 59.9 Å². The number of ether oxygens (including phenoxy) is 1. The molecule has 3 heterocycles. The Balaban J connectivity index is 1.36. The predicted molar refractivity (Wildman–Crippen MR) is 115 cm³/mol. The van der Waals surface area contributed by atoms with Gasteiger partial charge in [-0.15, -0.1) is 13.2 Å². The topological polar surface area (TPSA) is 34.5 Å². The van der Waals surface area contributed by atoms with Gasteiger partial charge in [0.25, 0.3) is 5.56 Å². The van der Waals surface area contributed by atoms with Crippen molar-refractivity contribution in [1.82, 2.24) is 9.47 Å². The zero-order valence-corrected chi connectivity index (χ0v) is 17.7. The van der Waals surface area contributed by atoms with Crippen LogP contribution in [0.1, 0.15) is 23.6 Å². The van der Waals surface area contributed by atoms with Crippen molar-refractivity contribution in [3.05, 3.63) is 88.1 Å². The Morgan fingerprint density at radius 2 is 1.64 bits per heavy atom. The first-order valence-corrected chi connectivity index (χ1v) is 10.8. The molecule has 2 bridgehead atoms. The fourth-order valence-corrected chi connectivity index (χ4v) is 5.08. The zero-order valence-electron chi connectivity index (χ0n) is 17.7. The van der Waals surface area contributed by atoms with Gasteiger partial charge in [0.05, 0.1) is 0 Å². The van der Waals surface area contributed by atoms with E-state index >= 15 is 0 Å². The molecule has 0 amide bonds. The summed E-state index contributed by atoms with van der Waals surface area (Å²) < 4.78 is 56.1. The molecule has 2 aliphatic heterocycles. The second-order valence-corrected chi connectivity index (χ2v) is 8.78. The maximum absolute atomic E-state index is 13.3. The van der Waals surface area contributed by atoms with Gasteiger partial charge in [0, 0.05) is 43.4 Å². The van der Waals surface area contributed by atoms with E-state index in [1.807, 2.05) is 10.6 Å². The van der Waals surface area contributed by atoms with Crippen molar-refractivity contribution in [2.45, 2.75) is 31.8 Å². The van der Waals surface area contributed by atoms with Gasteiger partial charge in [0.2, 0.25) is 0 Å². The predicted octanol–water partition coefficient (Wildman–Crippen LogP) is 5.17. The molecule has 1 aromatic heterocycles. The summed E-state index contributed by atoms with van der Waals surface area (Å²) in [5.41, 5.74) is 2.93. The van der Waals surface area contributed by atoms with Crippen molar-refractivity contribution < 1.29 is 22.3 Å². The van der Waals surface area contributed by atoms with Gasteiger partial charge in [0.1, 0.15) is 11.6 Å². The highest BCUT2D eigenvalue weighted by atomic mass is 19.4. The fourth-order valence-electron chi connectivity index (χ4n) is 5.08. The van der Waals surface area contributed by atoms with Crippen LogP contribution in [0.15, 0.2) is 65.5 Å². The number of benzene rings is 2. The molecule has 0 N–H and O–H groups in total. The Labute approximate surface area is 188 Å². The fraction of sp³-hybridized carbons (Fsp3) is 0.320. The van der Waals surface area contributed by atoms with E-state index in [9.17, 15) is 22.4 Å². The molecule has 8 heteroatoms. The highest BCUT2D eigenvalue weighted by Crippen LogP contribution is 2.36. The second kappa shape index (κ2) is 8.33. The minimum atomic E-state index is -4.75. The summed E-state index contributed by atoms with van der Waals surface area (Å²) in [6.07, 6.45) is -3.74. The Hall–Kier alpha value is -3.13. The minimum absolute atomic E-state index is 0.126. The molecule has 2 atom stereocenters. The molecule has 0 aliphatic carbocycles. The summed E-state index contributed by atoms with van der Waals surface area (Å²) in [5, 5.41) is 0. The summed E-state index contributed by atoms with van der Waals surface area (Å²) >= 11 is 0. The van der Waals surface area contributed by atoms with Crippen molar-refractivity contribution in [3.8, 4) is 16.9 Å². The Morgan fingerprint density at radius 1 is 0.909 bits per heavy atom. The van der Waals surface area contributed by atoms with Crippen molar-refractivity contribution in [3.63, 3.8) is 0 Å². The first-order valence-electron chi connectivity index (χ1n) is 10.8. The number of fused-ring (bicyclic) bond motifs is 4. The third-order valence-corrected chi connectivity index (χ3v) is 6.40. The van der Waals surface area contributed by atoms with E-state index in [4.69, 9.17) is 0 Å². The van der Waals surface area contributed by atoms with Gasteiger partial charge in [-0.25, -0.2) is 4.39 Å². The molecule has 0 radical (unpaired) electrons. The summed E-state index contributed by atoms with van der Waals surface area (Å²) in [6.45, 7) is 3.01. The number of likely N-dealkylation sites (tertiary alicyclic amines) is 1. The molecule has 1 saturated heterocycles. The molecular weight excluding hydrogens is 436 g/mol. The van der Waals surface area contributed by atoms with E-state index in [0.717, 1.165) is 37.3 Å².